The van der Waals surface area contributed by atoms with Crippen molar-refractivity contribution in [2.45, 2.75) is 19.9 Å². The molecule has 0 aliphatic rings. The number of carboxylic acids is 1. The van der Waals surface area contributed by atoms with Crippen LogP contribution in [-0.2, 0) is 4.79 Å². The summed E-state index contributed by atoms with van der Waals surface area (Å²) in [6.45, 7) is 3.22. The molecule has 0 saturated heterocycles. The molecule has 94 valence electrons. The van der Waals surface area contributed by atoms with Crippen molar-refractivity contribution in [3.8, 4) is 5.75 Å². The molecule has 5 heteroatoms. The lowest BCUT2D eigenvalue weighted by Crippen LogP contribution is -2.36. The van der Waals surface area contributed by atoms with Crippen LogP contribution in [0.15, 0.2) is 22.7 Å². The maximum absolute atomic E-state index is 11.1. The maximum Gasteiger partial charge on any atom is 0.311 e. The molecule has 0 heterocycles. The Morgan fingerprint density at radius 3 is 2.53 bits per heavy atom. The normalized spacial score (nSPS) is 13.2. The van der Waals surface area contributed by atoms with Crippen LogP contribution in [0.5, 0.6) is 5.75 Å². The number of carbonyl (C=O) groups is 1. The van der Waals surface area contributed by atoms with E-state index in [1.807, 2.05) is 0 Å². The molecule has 0 bridgehead atoms. The summed E-state index contributed by atoms with van der Waals surface area (Å²) >= 11 is 3.35. The van der Waals surface area contributed by atoms with Gasteiger partial charge in [-0.1, -0.05) is 6.07 Å². The first kappa shape index (κ1) is 14.0. The van der Waals surface area contributed by atoms with Gasteiger partial charge in [0.15, 0.2) is 0 Å². The van der Waals surface area contributed by atoms with Gasteiger partial charge in [0.25, 0.3) is 0 Å². The van der Waals surface area contributed by atoms with Crippen molar-refractivity contribution in [2.24, 2.45) is 11.1 Å². The van der Waals surface area contributed by atoms with Crippen molar-refractivity contribution in [2.75, 3.05) is 7.11 Å². The second kappa shape index (κ2) is 5.06. The van der Waals surface area contributed by atoms with Crippen LogP contribution >= 0.6 is 15.9 Å². The summed E-state index contributed by atoms with van der Waals surface area (Å²) in [6, 6.07) is 4.74. The van der Waals surface area contributed by atoms with Gasteiger partial charge in [-0.15, -0.1) is 0 Å². The monoisotopic (exact) mass is 301 g/mol. The van der Waals surface area contributed by atoms with Crippen molar-refractivity contribution >= 4 is 21.9 Å². The maximum atomic E-state index is 11.1. The van der Waals surface area contributed by atoms with Gasteiger partial charge >= 0.3 is 5.97 Å². The topological polar surface area (TPSA) is 72.5 Å². The highest BCUT2D eigenvalue weighted by Crippen LogP contribution is 2.35. The number of ether oxygens (including phenoxy) is 1. The summed E-state index contributed by atoms with van der Waals surface area (Å²) in [6.07, 6.45) is 0. The second-order valence-electron chi connectivity index (χ2n) is 4.40. The lowest BCUT2D eigenvalue weighted by molar-refractivity contribution is -0.148. The first-order chi connectivity index (χ1) is 7.80. The minimum absolute atomic E-state index is 0.581. The lowest BCUT2D eigenvalue weighted by atomic mass is 9.81. The largest absolute Gasteiger partial charge is 0.496 e. The zero-order valence-corrected chi connectivity index (χ0v) is 11.6. The van der Waals surface area contributed by atoms with E-state index >= 15 is 0 Å². The van der Waals surface area contributed by atoms with Gasteiger partial charge in [-0.3, -0.25) is 4.79 Å². The molecule has 0 amide bonds. The van der Waals surface area contributed by atoms with Gasteiger partial charge in [-0.25, -0.2) is 0 Å². The molecule has 4 nitrogen and oxygen atoms in total. The molecule has 1 aromatic rings. The minimum Gasteiger partial charge on any atom is -0.496 e. The Labute approximate surface area is 109 Å². The fourth-order valence-electron chi connectivity index (χ4n) is 1.43. The van der Waals surface area contributed by atoms with E-state index in [0.717, 1.165) is 10.0 Å². The van der Waals surface area contributed by atoms with Crippen LogP contribution in [0.3, 0.4) is 0 Å². The van der Waals surface area contributed by atoms with Gasteiger partial charge in [0, 0.05) is 6.04 Å². The highest BCUT2D eigenvalue weighted by atomic mass is 79.9. The Morgan fingerprint density at radius 1 is 1.53 bits per heavy atom. The van der Waals surface area contributed by atoms with E-state index in [1.165, 1.54) is 0 Å². The van der Waals surface area contributed by atoms with Crippen LogP contribution in [0.1, 0.15) is 25.5 Å². The fraction of sp³-hybridized carbons (Fsp3) is 0.417. The molecule has 3 N–H and O–H groups in total. The molecule has 0 spiro atoms. The predicted octanol–water partition coefficient (Wildman–Crippen LogP) is 2.57. The number of nitrogens with two attached hydrogens (primary N) is 1. The number of hydrogen-bond acceptors (Lipinski definition) is 3. The van der Waals surface area contributed by atoms with E-state index in [1.54, 1.807) is 39.2 Å². The van der Waals surface area contributed by atoms with Crippen molar-refractivity contribution in [3.63, 3.8) is 0 Å². The number of methoxy groups -OCH3 is 1. The Morgan fingerprint density at radius 2 is 2.12 bits per heavy atom. The molecule has 0 aromatic heterocycles. The molecular formula is C12H16BrNO3. The Hall–Kier alpha value is -1.07. The van der Waals surface area contributed by atoms with E-state index in [-0.39, 0.29) is 0 Å². The predicted molar refractivity (Wildman–Crippen MR) is 69.0 cm³/mol. The van der Waals surface area contributed by atoms with E-state index in [9.17, 15) is 4.79 Å². The van der Waals surface area contributed by atoms with Crippen LogP contribution in [0, 0.1) is 5.41 Å². The number of carboxylic acid groups (broad SMARTS) is 1. The molecule has 1 unspecified atom stereocenters. The van der Waals surface area contributed by atoms with Crippen LogP contribution in [0.25, 0.3) is 0 Å². The molecule has 0 saturated carbocycles. The van der Waals surface area contributed by atoms with E-state index in [2.05, 4.69) is 15.9 Å². The van der Waals surface area contributed by atoms with Crippen molar-refractivity contribution < 1.29 is 14.6 Å². The lowest BCUT2D eigenvalue weighted by Gasteiger charge is -2.27. The molecule has 0 fully saturated rings. The summed E-state index contributed by atoms with van der Waals surface area (Å²) in [7, 11) is 1.57. The van der Waals surface area contributed by atoms with Crippen LogP contribution < -0.4 is 10.5 Å². The average molecular weight is 302 g/mol. The number of hydrogen-bond donors (Lipinski definition) is 2. The zero-order chi connectivity index (χ0) is 13.2. The quantitative estimate of drug-likeness (QED) is 0.896. The minimum atomic E-state index is -1.02. The van der Waals surface area contributed by atoms with Crippen LogP contribution in [0.4, 0.5) is 0 Å². The van der Waals surface area contributed by atoms with Gasteiger partial charge in [0.05, 0.1) is 17.0 Å². The van der Waals surface area contributed by atoms with Gasteiger partial charge < -0.3 is 15.6 Å². The summed E-state index contributed by atoms with van der Waals surface area (Å²) in [5.74, 6) is -0.231. The molecular weight excluding hydrogens is 286 g/mol. The summed E-state index contributed by atoms with van der Waals surface area (Å²) in [4.78, 5) is 11.1. The Balaban J connectivity index is 3.09. The van der Waals surface area contributed by atoms with Gasteiger partial charge in [-0.05, 0) is 47.5 Å². The first-order valence-electron chi connectivity index (χ1n) is 5.13. The van der Waals surface area contributed by atoms with Gasteiger partial charge in [0.2, 0.25) is 0 Å². The summed E-state index contributed by atoms with van der Waals surface area (Å²) < 4.78 is 5.87. The summed E-state index contributed by atoms with van der Waals surface area (Å²) in [5, 5.41) is 9.13. The van der Waals surface area contributed by atoms with Crippen molar-refractivity contribution in [1.82, 2.24) is 0 Å². The van der Waals surface area contributed by atoms with Crippen molar-refractivity contribution in [3.05, 3.63) is 28.2 Å². The number of benzene rings is 1. The molecule has 1 aromatic carbocycles. The number of aliphatic carboxylic acids is 1. The zero-order valence-electron chi connectivity index (χ0n) is 10.0. The Kier molecular flexibility index (Phi) is 4.16. The van der Waals surface area contributed by atoms with E-state index in [4.69, 9.17) is 15.6 Å². The molecule has 0 aliphatic carbocycles. The van der Waals surface area contributed by atoms with Crippen LogP contribution in [-0.4, -0.2) is 18.2 Å². The highest BCUT2D eigenvalue weighted by Gasteiger charge is 2.35. The van der Waals surface area contributed by atoms with E-state index < -0.39 is 17.4 Å². The third-order valence-corrected chi connectivity index (χ3v) is 3.48. The molecule has 17 heavy (non-hydrogen) atoms. The SMILES string of the molecule is COc1ccc(C(N)C(C)(C)C(=O)O)cc1Br. The molecule has 0 aliphatic heterocycles. The highest BCUT2D eigenvalue weighted by molar-refractivity contribution is 9.10. The average Bonchev–Trinajstić information content (AvgIpc) is 2.27. The molecule has 1 atom stereocenters. The number of halogens is 1. The smallest absolute Gasteiger partial charge is 0.311 e. The standard InChI is InChI=1S/C12H16BrNO3/c1-12(2,11(15)16)10(14)7-4-5-9(17-3)8(13)6-7/h4-6,10H,14H2,1-3H3,(H,15,16). The first-order valence-corrected chi connectivity index (χ1v) is 5.92. The molecule has 0 radical (unpaired) electrons. The van der Waals surface area contributed by atoms with Crippen molar-refractivity contribution in [1.29, 1.82) is 0 Å². The summed E-state index contributed by atoms with van der Waals surface area (Å²) in [5.41, 5.74) is 5.73. The fourth-order valence-corrected chi connectivity index (χ4v) is 1.98. The van der Waals surface area contributed by atoms with Gasteiger partial charge in [0.1, 0.15) is 5.75 Å². The number of rotatable bonds is 4. The Bertz CT molecular complexity index is 432. The molecule has 1 rings (SSSR count). The van der Waals surface area contributed by atoms with Crippen LogP contribution in [0.2, 0.25) is 0 Å². The van der Waals surface area contributed by atoms with E-state index in [0.29, 0.717) is 5.75 Å². The third-order valence-electron chi connectivity index (χ3n) is 2.86. The van der Waals surface area contributed by atoms with Gasteiger partial charge in [-0.2, -0.15) is 0 Å². The second-order valence-corrected chi connectivity index (χ2v) is 5.25. The third kappa shape index (κ3) is 2.79.